The van der Waals surface area contributed by atoms with Crippen molar-refractivity contribution < 1.29 is 9.09 Å². The van der Waals surface area contributed by atoms with Crippen LogP contribution in [0.4, 0.5) is 0 Å². The summed E-state index contributed by atoms with van der Waals surface area (Å²) in [5.41, 5.74) is 0. The first-order valence-electron chi connectivity index (χ1n) is 4.60. The Hall–Kier alpha value is 0.980. The van der Waals surface area contributed by atoms with Gasteiger partial charge >= 0.3 is 7.67 Å². The molecule has 1 N–H and O–H groups in total. The van der Waals surface area contributed by atoms with E-state index in [1.54, 1.807) is 4.67 Å². The second-order valence-corrected chi connectivity index (χ2v) is 5.88. The second kappa shape index (κ2) is 8.13. The minimum Gasteiger partial charge on any atom is -0.306 e. The molecule has 4 nitrogen and oxygen atoms in total. The Labute approximate surface area is 107 Å². The van der Waals surface area contributed by atoms with Gasteiger partial charge in [0.05, 0.1) is 6.61 Å². The van der Waals surface area contributed by atoms with Gasteiger partial charge in [0.1, 0.15) is 0 Å². The van der Waals surface area contributed by atoms with Crippen LogP contribution in [0, 0.1) is 0 Å². The lowest BCUT2D eigenvalue weighted by Crippen LogP contribution is -2.35. The van der Waals surface area contributed by atoms with Gasteiger partial charge in [0, 0.05) is 31.4 Å². The Morgan fingerprint density at radius 3 is 2.33 bits per heavy atom. The zero-order valence-electron chi connectivity index (χ0n) is 8.32. The van der Waals surface area contributed by atoms with Crippen LogP contribution in [0.15, 0.2) is 0 Å². The van der Waals surface area contributed by atoms with Crippen molar-refractivity contribution in [2.24, 2.45) is 0 Å². The van der Waals surface area contributed by atoms with E-state index in [9.17, 15) is 4.57 Å². The highest BCUT2D eigenvalue weighted by molar-refractivity contribution is 7.54. The van der Waals surface area contributed by atoms with E-state index in [1.165, 1.54) is 0 Å². The van der Waals surface area contributed by atoms with Gasteiger partial charge in [-0.05, 0) is 6.42 Å². The molecule has 0 amide bonds. The van der Waals surface area contributed by atoms with Crippen LogP contribution in [0.5, 0.6) is 0 Å². The molecule has 1 aliphatic rings. The van der Waals surface area contributed by atoms with Crippen LogP contribution in [0.1, 0.15) is 6.42 Å². The Morgan fingerprint density at radius 1 is 1.33 bits per heavy atom. The van der Waals surface area contributed by atoms with Crippen molar-refractivity contribution in [2.75, 3.05) is 38.0 Å². The Morgan fingerprint density at radius 2 is 1.93 bits per heavy atom. The summed E-state index contributed by atoms with van der Waals surface area (Å²) in [6, 6.07) is 0. The van der Waals surface area contributed by atoms with Gasteiger partial charge in [-0.25, -0.2) is 9.76 Å². The number of nitrogens with zero attached hydrogens (tertiary/aromatic N) is 1. The maximum Gasteiger partial charge on any atom is 0.343 e. The molecule has 1 heterocycles. The molecule has 0 aromatic carbocycles. The molecule has 8 heteroatoms. The van der Waals surface area contributed by atoms with E-state index < -0.39 is 7.67 Å². The zero-order chi connectivity index (χ0) is 10.4. The third kappa shape index (κ3) is 4.78. The van der Waals surface area contributed by atoms with Crippen molar-refractivity contribution in [1.29, 1.82) is 0 Å². The first-order chi connectivity index (χ1) is 6.73. The lowest BCUT2D eigenvalue weighted by molar-refractivity contribution is 0.233. The summed E-state index contributed by atoms with van der Waals surface area (Å²) in [6.45, 7) is 2.31. The van der Waals surface area contributed by atoms with Crippen LogP contribution in [-0.2, 0) is 9.09 Å². The van der Waals surface area contributed by atoms with E-state index in [4.69, 9.17) is 27.7 Å². The number of hydrogen-bond donors (Lipinski definition) is 1. The Kier molecular flexibility index (Phi) is 8.66. The van der Waals surface area contributed by atoms with Gasteiger partial charge in [0.2, 0.25) is 0 Å². The highest BCUT2D eigenvalue weighted by Crippen LogP contribution is 2.47. The van der Waals surface area contributed by atoms with Crippen LogP contribution in [0.2, 0.25) is 0 Å². The number of halogens is 3. The van der Waals surface area contributed by atoms with Gasteiger partial charge in [-0.1, -0.05) is 0 Å². The summed E-state index contributed by atoms with van der Waals surface area (Å²) in [5.74, 6) is 0.845. The number of rotatable bonds is 5. The fraction of sp³-hybridized carbons (Fsp3) is 1.00. The normalized spacial score (nSPS) is 26.3. The van der Waals surface area contributed by atoms with Crippen molar-refractivity contribution in [2.45, 2.75) is 6.42 Å². The summed E-state index contributed by atoms with van der Waals surface area (Å²) >= 11 is 11.2. The maximum absolute atomic E-state index is 12.2. The fourth-order valence-electron chi connectivity index (χ4n) is 1.28. The number of hydrogen-bond acceptors (Lipinski definition) is 2. The molecule has 1 aliphatic heterocycles. The monoisotopic (exact) mass is 296 g/mol. The highest BCUT2D eigenvalue weighted by Gasteiger charge is 2.32. The third-order valence-corrected chi connectivity index (χ3v) is 4.60. The first kappa shape index (κ1) is 16.0. The summed E-state index contributed by atoms with van der Waals surface area (Å²) in [6.07, 6.45) is 0.888. The minimum absolute atomic E-state index is 0. The zero-order valence-corrected chi connectivity index (χ0v) is 11.5. The van der Waals surface area contributed by atoms with Crippen molar-refractivity contribution in [1.82, 2.24) is 9.76 Å². The van der Waals surface area contributed by atoms with Crippen molar-refractivity contribution >= 4 is 43.3 Å². The van der Waals surface area contributed by atoms with E-state index in [-0.39, 0.29) is 12.4 Å². The molecule has 92 valence electrons. The average molecular weight is 298 g/mol. The molecule has 1 fully saturated rings. The van der Waals surface area contributed by atoms with Gasteiger partial charge in [0.25, 0.3) is 0 Å². The molecule has 1 atom stereocenters. The summed E-state index contributed by atoms with van der Waals surface area (Å²) < 4.78 is 19.2. The molecular weight excluding hydrogens is 281 g/mol. The van der Waals surface area contributed by atoms with Crippen molar-refractivity contribution in [3.63, 3.8) is 0 Å². The van der Waals surface area contributed by atoms with Gasteiger partial charge in [-0.3, -0.25) is 4.57 Å². The molecule has 0 saturated carbocycles. The summed E-state index contributed by atoms with van der Waals surface area (Å²) in [5, 5.41) is 2.91. The highest BCUT2D eigenvalue weighted by atomic mass is 35.5. The third-order valence-electron chi connectivity index (χ3n) is 1.96. The average Bonchev–Trinajstić information content (AvgIpc) is 2.19. The SMILES string of the molecule is Cl.O=P1(N(CCCl)CCCl)NCCCO1. The fourth-order valence-corrected chi connectivity index (χ4v) is 3.92. The van der Waals surface area contributed by atoms with Gasteiger partial charge in [-0.15, -0.1) is 35.6 Å². The standard InChI is InChI=1S/C7H15Cl2N2O2P.ClH/c8-2-5-11(6-3-9)14(12)10-4-1-7-13-14;/h1-7H2,(H,10,12);1H. The van der Waals surface area contributed by atoms with E-state index in [0.717, 1.165) is 13.0 Å². The molecule has 1 rings (SSSR count). The predicted molar refractivity (Wildman–Crippen MR) is 66.4 cm³/mol. The minimum atomic E-state index is -2.84. The van der Waals surface area contributed by atoms with Crippen molar-refractivity contribution in [3.05, 3.63) is 0 Å². The molecule has 0 radical (unpaired) electrons. The quantitative estimate of drug-likeness (QED) is 0.624. The number of alkyl halides is 2. The number of nitrogens with one attached hydrogen (secondary N) is 1. The maximum atomic E-state index is 12.2. The molecule has 0 bridgehead atoms. The van der Waals surface area contributed by atoms with E-state index in [0.29, 0.717) is 31.5 Å². The summed E-state index contributed by atoms with van der Waals surface area (Å²) in [7, 11) is -2.84. The largest absolute Gasteiger partial charge is 0.343 e. The van der Waals surface area contributed by atoms with Gasteiger partial charge in [0.15, 0.2) is 0 Å². The first-order valence-corrected chi connectivity index (χ1v) is 7.24. The van der Waals surface area contributed by atoms with Crippen LogP contribution >= 0.6 is 43.3 Å². The predicted octanol–water partition coefficient (Wildman–Crippen LogP) is 2.31. The lowest BCUT2D eigenvalue weighted by atomic mass is 10.5. The van der Waals surface area contributed by atoms with E-state index >= 15 is 0 Å². The molecule has 15 heavy (non-hydrogen) atoms. The van der Waals surface area contributed by atoms with Crippen LogP contribution < -0.4 is 5.09 Å². The molecule has 1 unspecified atom stereocenters. The van der Waals surface area contributed by atoms with Crippen LogP contribution in [0.3, 0.4) is 0 Å². The van der Waals surface area contributed by atoms with E-state index in [1.807, 2.05) is 0 Å². The molecule has 0 spiro atoms. The summed E-state index contributed by atoms with van der Waals surface area (Å²) in [4.78, 5) is 0. The van der Waals surface area contributed by atoms with Gasteiger partial charge in [-0.2, -0.15) is 0 Å². The van der Waals surface area contributed by atoms with E-state index in [2.05, 4.69) is 5.09 Å². The second-order valence-electron chi connectivity index (χ2n) is 2.95. The molecule has 1 saturated heterocycles. The van der Waals surface area contributed by atoms with Crippen LogP contribution in [0.25, 0.3) is 0 Å². The molecule has 0 aromatic heterocycles. The molecule has 0 aliphatic carbocycles. The lowest BCUT2D eigenvalue weighted by Gasteiger charge is -2.33. The van der Waals surface area contributed by atoms with Gasteiger partial charge < -0.3 is 4.52 Å². The van der Waals surface area contributed by atoms with Crippen molar-refractivity contribution in [3.8, 4) is 0 Å². The molecule has 0 aromatic rings. The molecular formula is C7H16Cl3N2O2P. The topological polar surface area (TPSA) is 41.6 Å². The Balaban J connectivity index is 0.00000196. The van der Waals surface area contributed by atoms with Crippen LogP contribution in [-0.4, -0.2) is 42.7 Å². The Bertz CT molecular complexity index is 204. The smallest absolute Gasteiger partial charge is 0.306 e.